The Hall–Kier alpha value is -1.16. The lowest BCUT2D eigenvalue weighted by atomic mass is 9.97. The van der Waals surface area contributed by atoms with Crippen LogP contribution in [-0.2, 0) is 19.4 Å². The molecule has 3 nitrogen and oxygen atoms in total. The molecule has 0 aromatic carbocycles. The van der Waals surface area contributed by atoms with Crippen LogP contribution in [0.5, 0.6) is 0 Å². The van der Waals surface area contributed by atoms with Gasteiger partial charge in [-0.2, -0.15) is 0 Å². The van der Waals surface area contributed by atoms with Gasteiger partial charge in [-0.05, 0) is 37.7 Å². The van der Waals surface area contributed by atoms with Gasteiger partial charge in [0.25, 0.3) is 5.56 Å². The lowest BCUT2D eigenvalue weighted by Gasteiger charge is -2.10. The second kappa shape index (κ2) is 6.73. The predicted molar refractivity (Wildman–Crippen MR) is 89.3 cm³/mol. The molecule has 0 N–H and O–H groups in total. The van der Waals surface area contributed by atoms with E-state index >= 15 is 0 Å². The van der Waals surface area contributed by atoms with E-state index in [9.17, 15) is 4.79 Å². The molecule has 114 valence electrons. The molecule has 0 unspecified atom stereocenters. The van der Waals surface area contributed by atoms with Crippen molar-refractivity contribution in [3.8, 4) is 0 Å². The van der Waals surface area contributed by atoms with Crippen LogP contribution in [0.2, 0.25) is 0 Å². The van der Waals surface area contributed by atoms with Gasteiger partial charge in [-0.3, -0.25) is 9.36 Å². The fourth-order valence-electron chi connectivity index (χ4n) is 3.23. The number of aryl methyl sites for hydroxylation is 3. The summed E-state index contributed by atoms with van der Waals surface area (Å²) in [6.45, 7) is 3.04. The first-order chi connectivity index (χ1) is 10.3. The molecule has 2 aromatic rings. The third-order valence-electron chi connectivity index (χ3n) is 4.44. The standard InChI is InChI=1S/C17H24N2OS/c1-2-3-4-5-8-11-19-12-18-16-15(17(19)20)13-9-6-7-10-14(13)21-16/h12H,2-11H2,1H3. The van der Waals surface area contributed by atoms with Crippen molar-refractivity contribution in [2.45, 2.75) is 71.3 Å². The molecule has 0 saturated carbocycles. The van der Waals surface area contributed by atoms with E-state index in [0.717, 1.165) is 36.0 Å². The zero-order chi connectivity index (χ0) is 14.7. The first kappa shape index (κ1) is 14.8. The molecule has 0 amide bonds. The Morgan fingerprint density at radius 3 is 2.86 bits per heavy atom. The van der Waals surface area contributed by atoms with Crippen molar-refractivity contribution in [2.24, 2.45) is 0 Å². The van der Waals surface area contributed by atoms with Crippen molar-refractivity contribution < 1.29 is 0 Å². The summed E-state index contributed by atoms with van der Waals surface area (Å²) in [6.07, 6.45) is 12.5. The third kappa shape index (κ3) is 3.05. The van der Waals surface area contributed by atoms with E-state index in [1.165, 1.54) is 49.0 Å². The summed E-state index contributed by atoms with van der Waals surface area (Å²) in [5.41, 5.74) is 1.49. The van der Waals surface area contributed by atoms with Gasteiger partial charge >= 0.3 is 0 Å². The number of fused-ring (bicyclic) bond motifs is 3. The highest BCUT2D eigenvalue weighted by molar-refractivity contribution is 7.18. The molecule has 0 fully saturated rings. The summed E-state index contributed by atoms with van der Waals surface area (Å²) in [7, 11) is 0. The molecule has 1 aliphatic carbocycles. The Morgan fingerprint density at radius 1 is 1.19 bits per heavy atom. The fraction of sp³-hybridized carbons (Fsp3) is 0.647. The SMILES string of the molecule is CCCCCCCn1cnc2sc3c(c2c1=O)CCCC3. The van der Waals surface area contributed by atoms with Crippen LogP contribution in [0.3, 0.4) is 0 Å². The molecule has 0 bridgehead atoms. The fourth-order valence-corrected chi connectivity index (χ4v) is 4.45. The van der Waals surface area contributed by atoms with Crippen molar-refractivity contribution in [1.29, 1.82) is 0 Å². The molecule has 2 aromatic heterocycles. The predicted octanol–water partition coefficient (Wildman–Crippen LogP) is 4.31. The molecule has 0 saturated heterocycles. The molecule has 0 aliphatic heterocycles. The van der Waals surface area contributed by atoms with Crippen molar-refractivity contribution in [1.82, 2.24) is 9.55 Å². The van der Waals surface area contributed by atoms with E-state index in [2.05, 4.69) is 11.9 Å². The van der Waals surface area contributed by atoms with Crippen LogP contribution in [0, 0.1) is 0 Å². The maximum absolute atomic E-state index is 12.7. The van der Waals surface area contributed by atoms with Crippen LogP contribution in [0.1, 0.15) is 62.3 Å². The van der Waals surface area contributed by atoms with Gasteiger partial charge in [0, 0.05) is 11.4 Å². The van der Waals surface area contributed by atoms with E-state index < -0.39 is 0 Å². The van der Waals surface area contributed by atoms with Gasteiger partial charge in [0.15, 0.2) is 0 Å². The van der Waals surface area contributed by atoms with Gasteiger partial charge in [0.1, 0.15) is 4.83 Å². The molecule has 0 atom stereocenters. The number of aromatic nitrogens is 2. The van der Waals surface area contributed by atoms with E-state index in [1.54, 1.807) is 17.7 Å². The summed E-state index contributed by atoms with van der Waals surface area (Å²) in [4.78, 5) is 19.6. The van der Waals surface area contributed by atoms with E-state index in [1.807, 2.05) is 4.57 Å². The van der Waals surface area contributed by atoms with Crippen LogP contribution in [0.15, 0.2) is 11.1 Å². The van der Waals surface area contributed by atoms with Gasteiger partial charge in [-0.15, -0.1) is 11.3 Å². The average Bonchev–Trinajstić information content (AvgIpc) is 2.88. The van der Waals surface area contributed by atoms with Gasteiger partial charge in [-0.1, -0.05) is 32.6 Å². The summed E-state index contributed by atoms with van der Waals surface area (Å²) < 4.78 is 1.83. The van der Waals surface area contributed by atoms with Crippen LogP contribution < -0.4 is 5.56 Å². The van der Waals surface area contributed by atoms with Crippen molar-refractivity contribution >= 4 is 21.6 Å². The molecule has 2 heterocycles. The van der Waals surface area contributed by atoms with Gasteiger partial charge in [0.05, 0.1) is 11.7 Å². The molecule has 21 heavy (non-hydrogen) atoms. The minimum absolute atomic E-state index is 0.190. The second-order valence-electron chi connectivity index (χ2n) is 6.05. The third-order valence-corrected chi connectivity index (χ3v) is 5.64. The van der Waals surface area contributed by atoms with Crippen molar-refractivity contribution in [3.05, 3.63) is 27.1 Å². The highest BCUT2D eigenvalue weighted by atomic mass is 32.1. The van der Waals surface area contributed by atoms with Gasteiger partial charge in [0.2, 0.25) is 0 Å². The topological polar surface area (TPSA) is 34.9 Å². The Bertz CT molecular complexity index is 671. The Balaban J connectivity index is 1.81. The Morgan fingerprint density at radius 2 is 2.00 bits per heavy atom. The number of nitrogens with zero attached hydrogens (tertiary/aromatic N) is 2. The maximum Gasteiger partial charge on any atom is 0.262 e. The lowest BCUT2D eigenvalue weighted by molar-refractivity contribution is 0.556. The Labute approximate surface area is 130 Å². The molecule has 3 rings (SSSR count). The molecule has 0 radical (unpaired) electrons. The molecular weight excluding hydrogens is 280 g/mol. The maximum atomic E-state index is 12.7. The zero-order valence-electron chi connectivity index (χ0n) is 12.9. The number of unbranched alkanes of at least 4 members (excludes halogenated alkanes) is 4. The number of rotatable bonds is 6. The van der Waals surface area contributed by atoms with E-state index in [4.69, 9.17) is 0 Å². The molecule has 4 heteroatoms. The number of hydrogen-bond donors (Lipinski definition) is 0. The van der Waals surface area contributed by atoms with E-state index in [-0.39, 0.29) is 5.56 Å². The van der Waals surface area contributed by atoms with Crippen LogP contribution in [0.4, 0.5) is 0 Å². The molecule has 1 aliphatic rings. The van der Waals surface area contributed by atoms with Gasteiger partial charge < -0.3 is 0 Å². The highest BCUT2D eigenvalue weighted by Gasteiger charge is 2.19. The molecular formula is C17H24N2OS. The monoisotopic (exact) mass is 304 g/mol. The summed E-state index contributed by atoms with van der Waals surface area (Å²) in [5, 5.41) is 0.922. The van der Waals surface area contributed by atoms with Crippen molar-refractivity contribution in [2.75, 3.05) is 0 Å². The zero-order valence-corrected chi connectivity index (χ0v) is 13.7. The van der Waals surface area contributed by atoms with E-state index in [0.29, 0.717) is 0 Å². The van der Waals surface area contributed by atoms with Crippen LogP contribution in [0.25, 0.3) is 10.2 Å². The highest BCUT2D eigenvalue weighted by Crippen LogP contribution is 2.33. The smallest absolute Gasteiger partial charge is 0.262 e. The summed E-state index contributed by atoms with van der Waals surface area (Å²) in [5.74, 6) is 0. The Kier molecular flexibility index (Phi) is 4.73. The average molecular weight is 304 g/mol. The summed E-state index contributed by atoms with van der Waals surface area (Å²) >= 11 is 1.73. The first-order valence-electron chi connectivity index (χ1n) is 8.31. The first-order valence-corrected chi connectivity index (χ1v) is 9.12. The van der Waals surface area contributed by atoms with Crippen molar-refractivity contribution in [3.63, 3.8) is 0 Å². The second-order valence-corrected chi connectivity index (χ2v) is 7.13. The lowest BCUT2D eigenvalue weighted by Crippen LogP contribution is -2.21. The van der Waals surface area contributed by atoms with Crippen LogP contribution in [-0.4, -0.2) is 9.55 Å². The summed E-state index contributed by atoms with van der Waals surface area (Å²) in [6, 6.07) is 0. The van der Waals surface area contributed by atoms with Gasteiger partial charge in [-0.25, -0.2) is 4.98 Å². The quantitative estimate of drug-likeness (QED) is 0.745. The normalized spacial score (nSPS) is 14.5. The number of thiophene rings is 1. The van der Waals surface area contributed by atoms with Crippen LogP contribution >= 0.6 is 11.3 Å². The largest absolute Gasteiger partial charge is 0.299 e. The number of hydrogen-bond acceptors (Lipinski definition) is 3. The minimum Gasteiger partial charge on any atom is -0.299 e. The molecule has 0 spiro atoms. The minimum atomic E-state index is 0.190.